The average Bonchev–Trinajstić information content (AvgIpc) is 2.06. The minimum atomic E-state index is -0.211. The summed E-state index contributed by atoms with van der Waals surface area (Å²) in [7, 11) is 0. The molecule has 84 valence electrons. The van der Waals surface area contributed by atoms with Gasteiger partial charge in [-0.1, -0.05) is 31.5 Å². The fourth-order valence-electron chi connectivity index (χ4n) is 1.97. The lowest BCUT2D eigenvalue weighted by Gasteiger charge is -2.27. The van der Waals surface area contributed by atoms with Crippen LogP contribution in [0.3, 0.4) is 0 Å². The van der Waals surface area contributed by atoms with Crippen molar-refractivity contribution in [3.05, 3.63) is 35.1 Å². The predicted molar refractivity (Wildman–Crippen MR) is 64.1 cm³/mol. The smallest absolute Gasteiger partial charge is 0.126 e. The molecule has 0 bridgehead atoms. The van der Waals surface area contributed by atoms with E-state index in [1.807, 2.05) is 33.8 Å². The van der Waals surface area contributed by atoms with Gasteiger partial charge in [0.25, 0.3) is 0 Å². The van der Waals surface area contributed by atoms with Gasteiger partial charge in [0, 0.05) is 5.38 Å². The lowest BCUT2D eigenvalue weighted by molar-refractivity contribution is 0.447. The van der Waals surface area contributed by atoms with Gasteiger partial charge in [-0.25, -0.2) is 4.39 Å². The van der Waals surface area contributed by atoms with Gasteiger partial charge in [-0.05, 0) is 37.3 Å². The van der Waals surface area contributed by atoms with E-state index in [9.17, 15) is 4.39 Å². The molecule has 0 radical (unpaired) electrons. The van der Waals surface area contributed by atoms with Crippen molar-refractivity contribution >= 4 is 11.6 Å². The van der Waals surface area contributed by atoms with E-state index >= 15 is 0 Å². The minimum Gasteiger partial charge on any atom is -0.207 e. The number of rotatable bonds is 3. The van der Waals surface area contributed by atoms with Gasteiger partial charge in [0.05, 0.1) is 0 Å². The van der Waals surface area contributed by atoms with Gasteiger partial charge >= 0.3 is 0 Å². The lowest BCUT2D eigenvalue weighted by atomic mass is 9.80. The highest BCUT2D eigenvalue weighted by atomic mass is 35.5. The number of hydrogen-bond acceptors (Lipinski definition) is 0. The second-order valence-electron chi connectivity index (χ2n) is 4.85. The van der Waals surface area contributed by atoms with Gasteiger partial charge in [-0.2, -0.15) is 0 Å². The Hall–Kier alpha value is -0.560. The summed E-state index contributed by atoms with van der Waals surface area (Å²) < 4.78 is 13.7. The molecule has 0 aliphatic carbocycles. The van der Waals surface area contributed by atoms with Crippen LogP contribution in [0, 0.1) is 12.7 Å². The Morgan fingerprint density at radius 2 is 2.00 bits per heavy atom. The molecule has 0 aliphatic rings. The number of aryl methyl sites for hydroxylation is 1. The van der Waals surface area contributed by atoms with Gasteiger partial charge in [0.15, 0.2) is 0 Å². The summed E-state index contributed by atoms with van der Waals surface area (Å²) in [5.74, 6) is -0.136. The Kier molecular flexibility index (Phi) is 3.77. The van der Waals surface area contributed by atoms with Crippen LogP contribution in [-0.4, -0.2) is 5.38 Å². The topological polar surface area (TPSA) is 0 Å². The summed E-state index contributed by atoms with van der Waals surface area (Å²) in [6.45, 7) is 7.98. The van der Waals surface area contributed by atoms with Crippen LogP contribution >= 0.6 is 11.6 Å². The molecule has 1 unspecified atom stereocenters. The first-order chi connectivity index (χ1) is 6.83. The number of halogens is 2. The molecule has 1 aromatic carbocycles. The van der Waals surface area contributed by atoms with Crippen molar-refractivity contribution in [1.29, 1.82) is 0 Å². The Morgan fingerprint density at radius 1 is 1.40 bits per heavy atom. The van der Waals surface area contributed by atoms with Crippen LogP contribution in [0.25, 0.3) is 0 Å². The van der Waals surface area contributed by atoms with Crippen LogP contribution in [0.2, 0.25) is 0 Å². The maximum atomic E-state index is 13.7. The number of hydrogen-bond donors (Lipinski definition) is 0. The Labute approximate surface area is 96.5 Å². The largest absolute Gasteiger partial charge is 0.207 e. The van der Waals surface area contributed by atoms with Crippen molar-refractivity contribution in [2.75, 3.05) is 0 Å². The first-order valence-corrected chi connectivity index (χ1v) is 5.67. The fraction of sp³-hybridized carbons (Fsp3) is 0.538. The van der Waals surface area contributed by atoms with E-state index in [-0.39, 0.29) is 16.6 Å². The van der Waals surface area contributed by atoms with Crippen LogP contribution in [0.15, 0.2) is 18.2 Å². The summed E-state index contributed by atoms with van der Waals surface area (Å²) in [5.41, 5.74) is 1.63. The van der Waals surface area contributed by atoms with Crippen molar-refractivity contribution < 1.29 is 4.39 Å². The minimum absolute atomic E-state index is 0.0555. The third-order valence-electron chi connectivity index (χ3n) is 2.64. The summed E-state index contributed by atoms with van der Waals surface area (Å²) in [4.78, 5) is 0. The zero-order valence-corrected chi connectivity index (χ0v) is 10.5. The van der Waals surface area contributed by atoms with Crippen LogP contribution in [-0.2, 0) is 5.41 Å². The molecule has 1 atom stereocenters. The van der Waals surface area contributed by atoms with Crippen LogP contribution in [0.1, 0.15) is 38.3 Å². The standard InChI is InChI=1S/C13H18ClF/c1-9-5-6-12(15)11(7-9)13(3,4)8-10(2)14/h5-7,10H,8H2,1-4H3. The summed E-state index contributed by atoms with van der Waals surface area (Å²) in [6.07, 6.45) is 0.773. The van der Waals surface area contributed by atoms with E-state index in [0.29, 0.717) is 0 Å². The maximum Gasteiger partial charge on any atom is 0.126 e. The van der Waals surface area contributed by atoms with Crippen LogP contribution in [0.4, 0.5) is 4.39 Å². The SMILES string of the molecule is Cc1ccc(F)c(C(C)(C)CC(C)Cl)c1. The number of alkyl halides is 1. The van der Waals surface area contributed by atoms with Gasteiger partial charge in [0.2, 0.25) is 0 Å². The molecule has 0 saturated heterocycles. The van der Waals surface area contributed by atoms with Gasteiger partial charge in [0.1, 0.15) is 5.82 Å². The quantitative estimate of drug-likeness (QED) is 0.672. The van der Waals surface area contributed by atoms with Crippen molar-refractivity contribution in [3.8, 4) is 0 Å². The third kappa shape index (κ3) is 3.20. The highest BCUT2D eigenvalue weighted by Crippen LogP contribution is 2.32. The molecule has 0 saturated carbocycles. The number of benzene rings is 1. The predicted octanol–water partition coefficient (Wildman–Crippen LogP) is 4.43. The summed E-state index contributed by atoms with van der Waals surface area (Å²) in [5, 5.41) is 0.0555. The highest BCUT2D eigenvalue weighted by Gasteiger charge is 2.25. The molecule has 0 fully saturated rings. The van der Waals surface area contributed by atoms with Crippen molar-refractivity contribution in [2.45, 2.75) is 44.9 Å². The molecule has 2 heteroatoms. The molecule has 0 aromatic heterocycles. The zero-order chi connectivity index (χ0) is 11.6. The normalized spacial score (nSPS) is 14.0. The molecule has 0 aliphatic heterocycles. The average molecular weight is 229 g/mol. The van der Waals surface area contributed by atoms with E-state index < -0.39 is 0 Å². The van der Waals surface area contributed by atoms with E-state index in [0.717, 1.165) is 17.5 Å². The molecular formula is C13H18ClF. The highest BCUT2D eigenvalue weighted by molar-refractivity contribution is 6.20. The monoisotopic (exact) mass is 228 g/mol. The Bertz CT molecular complexity index is 342. The summed E-state index contributed by atoms with van der Waals surface area (Å²) >= 11 is 5.98. The molecule has 0 spiro atoms. The van der Waals surface area contributed by atoms with Gasteiger partial charge in [-0.3, -0.25) is 0 Å². The van der Waals surface area contributed by atoms with E-state index in [4.69, 9.17) is 11.6 Å². The Balaban J connectivity index is 3.08. The molecule has 0 N–H and O–H groups in total. The molecule has 15 heavy (non-hydrogen) atoms. The molecule has 0 nitrogen and oxygen atoms in total. The molecule has 0 heterocycles. The van der Waals surface area contributed by atoms with Gasteiger partial charge < -0.3 is 0 Å². The van der Waals surface area contributed by atoms with Crippen molar-refractivity contribution in [2.24, 2.45) is 0 Å². The van der Waals surface area contributed by atoms with E-state index in [1.54, 1.807) is 6.07 Å². The van der Waals surface area contributed by atoms with E-state index in [2.05, 4.69) is 0 Å². The molecule has 1 rings (SSSR count). The second-order valence-corrected chi connectivity index (χ2v) is 5.60. The molecular weight excluding hydrogens is 211 g/mol. The summed E-state index contributed by atoms with van der Waals surface area (Å²) in [6, 6.07) is 5.24. The third-order valence-corrected chi connectivity index (χ3v) is 2.80. The van der Waals surface area contributed by atoms with Gasteiger partial charge in [-0.15, -0.1) is 11.6 Å². The lowest BCUT2D eigenvalue weighted by Crippen LogP contribution is -2.22. The van der Waals surface area contributed by atoms with E-state index in [1.165, 1.54) is 6.07 Å². The van der Waals surface area contributed by atoms with Crippen LogP contribution in [0.5, 0.6) is 0 Å². The van der Waals surface area contributed by atoms with Crippen molar-refractivity contribution in [1.82, 2.24) is 0 Å². The Morgan fingerprint density at radius 3 is 2.53 bits per heavy atom. The fourth-order valence-corrected chi connectivity index (χ4v) is 2.36. The van der Waals surface area contributed by atoms with Crippen molar-refractivity contribution in [3.63, 3.8) is 0 Å². The van der Waals surface area contributed by atoms with Crippen LogP contribution < -0.4 is 0 Å². The first-order valence-electron chi connectivity index (χ1n) is 5.23. The zero-order valence-electron chi connectivity index (χ0n) is 9.77. The second kappa shape index (κ2) is 4.52. The molecule has 1 aromatic rings. The maximum absolute atomic E-state index is 13.7. The molecule has 0 amide bonds. The first kappa shape index (κ1) is 12.5.